The molecule has 1 unspecified atom stereocenters. The van der Waals surface area contributed by atoms with E-state index in [-0.39, 0.29) is 12.1 Å². The molecule has 1 aromatic carbocycles. The largest absolute Gasteiger partial charge is 0.331 e. The number of fused-ring (bicyclic) bond motifs is 1. The third kappa shape index (κ3) is 3.00. The zero-order valence-electron chi connectivity index (χ0n) is 11.5. The van der Waals surface area contributed by atoms with Crippen LogP contribution < -0.4 is 10.6 Å². The molecule has 0 saturated carbocycles. The highest BCUT2D eigenvalue weighted by molar-refractivity contribution is 5.89. The molecule has 0 aliphatic heterocycles. The Morgan fingerprint density at radius 3 is 2.81 bits per heavy atom. The van der Waals surface area contributed by atoms with Crippen molar-refractivity contribution in [1.29, 1.82) is 0 Å². The Bertz CT molecular complexity index is 753. The average molecular weight is 281 g/mol. The monoisotopic (exact) mass is 281 g/mol. The molecule has 2 heterocycles. The van der Waals surface area contributed by atoms with Crippen molar-refractivity contribution in [3.8, 4) is 0 Å². The van der Waals surface area contributed by atoms with E-state index in [0.717, 1.165) is 11.2 Å². The number of hydrogen-bond acceptors (Lipinski definition) is 3. The molecule has 2 amide bonds. The van der Waals surface area contributed by atoms with Gasteiger partial charge in [-0.3, -0.25) is 0 Å². The maximum atomic E-state index is 12.0. The van der Waals surface area contributed by atoms with Crippen molar-refractivity contribution in [2.45, 2.75) is 13.0 Å². The summed E-state index contributed by atoms with van der Waals surface area (Å²) >= 11 is 0. The molecule has 3 aromatic rings. The highest BCUT2D eigenvalue weighted by atomic mass is 16.2. The van der Waals surface area contributed by atoms with E-state index in [2.05, 4.69) is 20.7 Å². The number of amides is 2. The third-order valence-corrected chi connectivity index (χ3v) is 3.18. The van der Waals surface area contributed by atoms with Gasteiger partial charge in [-0.2, -0.15) is 5.10 Å². The molecule has 2 N–H and O–H groups in total. The number of carbonyl (C=O) groups excluding carboxylic acids is 1. The van der Waals surface area contributed by atoms with Gasteiger partial charge < -0.3 is 10.6 Å². The fourth-order valence-electron chi connectivity index (χ4n) is 2.08. The second kappa shape index (κ2) is 5.62. The van der Waals surface area contributed by atoms with Crippen molar-refractivity contribution in [1.82, 2.24) is 19.9 Å². The summed E-state index contributed by atoms with van der Waals surface area (Å²) < 4.78 is 1.61. The van der Waals surface area contributed by atoms with Gasteiger partial charge in [0.25, 0.3) is 0 Å². The van der Waals surface area contributed by atoms with Crippen LogP contribution >= 0.6 is 0 Å². The van der Waals surface area contributed by atoms with Gasteiger partial charge in [0, 0.05) is 0 Å². The van der Waals surface area contributed by atoms with E-state index in [1.54, 1.807) is 22.8 Å². The lowest BCUT2D eigenvalue weighted by atomic mass is 10.1. The molecule has 2 aromatic heterocycles. The van der Waals surface area contributed by atoms with Gasteiger partial charge in [0.15, 0.2) is 5.65 Å². The molecule has 6 nitrogen and oxygen atoms in total. The van der Waals surface area contributed by atoms with Crippen molar-refractivity contribution >= 4 is 17.4 Å². The first-order chi connectivity index (χ1) is 10.2. The molecule has 0 fully saturated rings. The second-order valence-electron chi connectivity index (χ2n) is 4.71. The van der Waals surface area contributed by atoms with Crippen LogP contribution in [0.15, 0.2) is 55.0 Å². The second-order valence-corrected chi connectivity index (χ2v) is 4.71. The molecular weight excluding hydrogens is 266 g/mol. The van der Waals surface area contributed by atoms with Gasteiger partial charge >= 0.3 is 6.03 Å². The lowest BCUT2D eigenvalue weighted by molar-refractivity contribution is 0.249. The first-order valence-electron chi connectivity index (χ1n) is 6.64. The topological polar surface area (TPSA) is 71.3 Å². The van der Waals surface area contributed by atoms with E-state index in [4.69, 9.17) is 0 Å². The first kappa shape index (κ1) is 13.1. The maximum absolute atomic E-state index is 12.0. The number of pyridine rings is 1. The minimum Gasteiger partial charge on any atom is -0.331 e. The molecule has 0 saturated heterocycles. The van der Waals surface area contributed by atoms with Crippen LogP contribution in [0.5, 0.6) is 0 Å². The van der Waals surface area contributed by atoms with Gasteiger partial charge in [0.2, 0.25) is 0 Å². The molecule has 3 rings (SSSR count). The smallest absolute Gasteiger partial charge is 0.319 e. The molecule has 0 aliphatic carbocycles. The highest BCUT2D eigenvalue weighted by Gasteiger charge is 2.09. The number of rotatable bonds is 3. The van der Waals surface area contributed by atoms with E-state index in [9.17, 15) is 4.79 Å². The Kier molecular flexibility index (Phi) is 3.51. The minimum atomic E-state index is -0.259. The van der Waals surface area contributed by atoms with Crippen LogP contribution in [0.1, 0.15) is 18.5 Å². The lowest BCUT2D eigenvalue weighted by Crippen LogP contribution is -2.31. The predicted molar refractivity (Wildman–Crippen MR) is 80.0 cm³/mol. The first-order valence-corrected chi connectivity index (χ1v) is 6.64. The number of urea groups is 1. The Hall–Kier alpha value is -2.89. The number of anilines is 1. The third-order valence-electron chi connectivity index (χ3n) is 3.18. The summed E-state index contributed by atoms with van der Waals surface area (Å²) in [4.78, 5) is 16.1. The minimum absolute atomic E-state index is 0.0682. The van der Waals surface area contributed by atoms with E-state index in [1.807, 2.05) is 37.3 Å². The van der Waals surface area contributed by atoms with Crippen molar-refractivity contribution in [2.24, 2.45) is 0 Å². The number of hydrogen-bond donors (Lipinski definition) is 2. The number of nitrogens with zero attached hydrogens (tertiary/aromatic N) is 3. The van der Waals surface area contributed by atoms with Crippen molar-refractivity contribution in [3.05, 3.63) is 60.6 Å². The number of aromatic nitrogens is 3. The van der Waals surface area contributed by atoms with Crippen LogP contribution in [0, 0.1) is 0 Å². The SMILES string of the molecule is CC(NC(=O)Nc1ccc2ncnn2c1)c1ccccc1. The standard InChI is InChI=1S/C15H15N5O/c1-11(12-5-3-2-4-6-12)18-15(21)19-13-7-8-14-16-10-17-20(14)9-13/h2-11H,1H3,(H2,18,19,21). The summed E-state index contributed by atoms with van der Waals surface area (Å²) in [6.45, 7) is 1.94. The molecule has 0 radical (unpaired) electrons. The van der Waals surface area contributed by atoms with Crippen LogP contribution in [-0.2, 0) is 0 Å². The maximum Gasteiger partial charge on any atom is 0.319 e. The number of carbonyl (C=O) groups is 1. The number of benzene rings is 1. The Balaban J connectivity index is 1.66. The quantitative estimate of drug-likeness (QED) is 0.775. The molecule has 6 heteroatoms. The van der Waals surface area contributed by atoms with E-state index < -0.39 is 0 Å². The fraction of sp³-hybridized carbons (Fsp3) is 0.133. The van der Waals surface area contributed by atoms with Crippen LogP contribution in [0.3, 0.4) is 0 Å². The van der Waals surface area contributed by atoms with Crippen molar-refractivity contribution in [2.75, 3.05) is 5.32 Å². The molecule has 0 spiro atoms. The Morgan fingerprint density at radius 1 is 1.19 bits per heavy atom. The van der Waals surface area contributed by atoms with Crippen LogP contribution in [0.25, 0.3) is 5.65 Å². The van der Waals surface area contributed by atoms with E-state index in [1.165, 1.54) is 6.33 Å². The van der Waals surface area contributed by atoms with Crippen LogP contribution in [-0.4, -0.2) is 20.6 Å². The molecule has 1 atom stereocenters. The average Bonchev–Trinajstić information content (AvgIpc) is 2.95. The zero-order chi connectivity index (χ0) is 14.7. The van der Waals surface area contributed by atoms with Gasteiger partial charge in [-0.1, -0.05) is 30.3 Å². The van der Waals surface area contributed by atoms with Crippen molar-refractivity contribution in [3.63, 3.8) is 0 Å². The zero-order valence-corrected chi connectivity index (χ0v) is 11.5. The molecule has 0 aliphatic rings. The predicted octanol–water partition coefficient (Wildman–Crippen LogP) is 2.61. The summed E-state index contributed by atoms with van der Waals surface area (Å²) in [5, 5.41) is 9.71. The Morgan fingerprint density at radius 2 is 2.00 bits per heavy atom. The summed E-state index contributed by atoms with van der Waals surface area (Å²) in [6.07, 6.45) is 3.19. The van der Waals surface area contributed by atoms with Gasteiger partial charge in [0.1, 0.15) is 6.33 Å². The van der Waals surface area contributed by atoms with Crippen LogP contribution in [0.2, 0.25) is 0 Å². The molecule has 0 bridgehead atoms. The normalized spacial score (nSPS) is 12.0. The van der Waals surface area contributed by atoms with Gasteiger partial charge in [-0.05, 0) is 24.6 Å². The highest BCUT2D eigenvalue weighted by Crippen LogP contribution is 2.12. The number of nitrogens with one attached hydrogen (secondary N) is 2. The lowest BCUT2D eigenvalue weighted by Gasteiger charge is -2.15. The molecular formula is C15H15N5O. The van der Waals surface area contributed by atoms with Gasteiger partial charge in [-0.15, -0.1) is 0 Å². The summed E-state index contributed by atoms with van der Waals surface area (Å²) in [5.74, 6) is 0. The van der Waals surface area contributed by atoms with E-state index >= 15 is 0 Å². The molecule has 106 valence electrons. The van der Waals surface area contributed by atoms with E-state index in [0.29, 0.717) is 5.69 Å². The summed E-state index contributed by atoms with van der Waals surface area (Å²) in [6, 6.07) is 13.1. The summed E-state index contributed by atoms with van der Waals surface area (Å²) in [5.41, 5.74) is 2.45. The van der Waals surface area contributed by atoms with Crippen LogP contribution in [0.4, 0.5) is 10.5 Å². The van der Waals surface area contributed by atoms with Gasteiger partial charge in [0.05, 0.1) is 17.9 Å². The fourth-order valence-corrected chi connectivity index (χ4v) is 2.08. The van der Waals surface area contributed by atoms with Gasteiger partial charge in [-0.25, -0.2) is 14.3 Å². The molecule has 21 heavy (non-hydrogen) atoms. The van der Waals surface area contributed by atoms with Crippen molar-refractivity contribution < 1.29 is 4.79 Å². The Labute approximate surface area is 121 Å². The summed E-state index contributed by atoms with van der Waals surface area (Å²) in [7, 11) is 0.